The average Bonchev–Trinajstić information content (AvgIpc) is 2.96. The number of hydrogen-bond donors (Lipinski definition) is 1. The molecule has 0 amide bonds. The van der Waals surface area contributed by atoms with Crippen LogP contribution in [0.15, 0.2) is 41.4 Å². The second kappa shape index (κ2) is 6.33. The van der Waals surface area contributed by atoms with E-state index in [0.29, 0.717) is 28.5 Å². The second-order valence-corrected chi connectivity index (χ2v) is 6.05. The molecule has 1 aromatic carbocycles. The Morgan fingerprint density at radius 1 is 1.26 bits per heavy atom. The van der Waals surface area contributed by atoms with E-state index in [1.165, 1.54) is 28.4 Å². The van der Waals surface area contributed by atoms with Crippen LogP contribution in [0.1, 0.15) is 13.3 Å². The molecule has 0 radical (unpaired) electrons. The number of hydrogen-bond acceptors (Lipinski definition) is 5. The van der Waals surface area contributed by atoms with E-state index in [1.807, 2.05) is 6.92 Å². The quantitative estimate of drug-likeness (QED) is 0.724. The van der Waals surface area contributed by atoms with Crippen LogP contribution in [0.2, 0.25) is 0 Å². The fraction of sp³-hybridized carbons (Fsp3) is 0.200. The van der Waals surface area contributed by atoms with Crippen molar-refractivity contribution < 1.29 is 14.3 Å². The SMILES string of the molecule is CCC(Sc1ccc2nnc(-c3ccc(F)cc3)n2n1)C(=O)O. The number of aromatic nitrogens is 4. The van der Waals surface area contributed by atoms with Crippen LogP contribution < -0.4 is 0 Å². The molecule has 1 unspecified atom stereocenters. The summed E-state index contributed by atoms with van der Waals surface area (Å²) in [5, 5.41) is 21.7. The molecule has 0 bridgehead atoms. The molecule has 3 aromatic rings. The zero-order valence-electron chi connectivity index (χ0n) is 12.2. The third-order valence-electron chi connectivity index (χ3n) is 3.25. The van der Waals surface area contributed by atoms with Gasteiger partial charge in [0.05, 0.1) is 0 Å². The maximum Gasteiger partial charge on any atom is 0.317 e. The summed E-state index contributed by atoms with van der Waals surface area (Å²) in [4.78, 5) is 11.2. The lowest BCUT2D eigenvalue weighted by Crippen LogP contribution is -2.15. The smallest absolute Gasteiger partial charge is 0.317 e. The number of halogens is 1. The van der Waals surface area contributed by atoms with Gasteiger partial charge >= 0.3 is 5.97 Å². The van der Waals surface area contributed by atoms with Gasteiger partial charge in [-0.15, -0.1) is 10.2 Å². The van der Waals surface area contributed by atoms with Crippen LogP contribution in [0, 0.1) is 5.82 Å². The summed E-state index contributed by atoms with van der Waals surface area (Å²) in [6.45, 7) is 1.81. The number of carboxylic acids is 1. The van der Waals surface area contributed by atoms with E-state index in [2.05, 4.69) is 15.3 Å². The minimum absolute atomic E-state index is 0.334. The van der Waals surface area contributed by atoms with Crippen molar-refractivity contribution in [2.45, 2.75) is 23.6 Å². The Morgan fingerprint density at radius 2 is 2.00 bits per heavy atom. The predicted molar refractivity (Wildman–Crippen MR) is 83.7 cm³/mol. The first kappa shape index (κ1) is 15.4. The third kappa shape index (κ3) is 3.16. The summed E-state index contributed by atoms with van der Waals surface area (Å²) in [5.41, 5.74) is 1.22. The molecule has 2 aromatic heterocycles. The highest BCUT2D eigenvalue weighted by atomic mass is 32.2. The van der Waals surface area contributed by atoms with Crippen molar-refractivity contribution in [2.75, 3.05) is 0 Å². The largest absolute Gasteiger partial charge is 0.480 e. The lowest BCUT2D eigenvalue weighted by atomic mass is 10.2. The lowest BCUT2D eigenvalue weighted by molar-refractivity contribution is -0.136. The molecule has 0 saturated heterocycles. The molecule has 23 heavy (non-hydrogen) atoms. The number of carbonyl (C=O) groups is 1. The van der Waals surface area contributed by atoms with Gasteiger partial charge in [-0.3, -0.25) is 4.79 Å². The summed E-state index contributed by atoms with van der Waals surface area (Å²) >= 11 is 1.17. The van der Waals surface area contributed by atoms with E-state index in [-0.39, 0.29) is 5.82 Å². The van der Waals surface area contributed by atoms with Crippen molar-refractivity contribution in [3.05, 3.63) is 42.2 Å². The molecule has 0 aliphatic rings. The molecule has 3 rings (SSSR count). The lowest BCUT2D eigenvalue weighted by Gasteiger charge is -2.08. The number of carboxylic acid groups (broad SMARTS) is 1. The zero-order chi connectivity index (χ0) is 16.4. The highest BCUT2D eigenvalue weighted by Crippen LogP contribution is 2.25. The fourth-order valence-electron chi connectivity index (χ4n) is 2.07. The first-order valence-electron chi connectivity index (χ1n) is 6.96. The Kier molecular flexibility index (Phi) is 4.24. The van der Waals surface area contributed by atoms with Gasteiger partial charge in [0.1, 0.15) is 16.1 Å². The van der Waals surface area contributed by atoms with Crippen LogP contribution in [-0.2, 0) is 4.79 Å². The minimum Gasteiger partial charge on any atom is -0.480 e. The van der Waals surface area contributed by atoms with Crippen molar-refractivity contribution in [2.24, 2.45) is 0 Å². The molecule has 0 fully saturated rings. The highest BCUT2D eigenvalue weighted by Gasteiger charge is 2.18. The maximum atomic E-state index is 13.0. The van der Waals surface area contributed by atoms with E-state index in [0.717, 1.165) is 0 Å². The van der Waals surface area contributed by atoms with Gasteiger partial charge in [-0.1, -0.05) is 18.7 Å². The number of benzene rings is 1. The van der Waals surface area contributed by atoms with Crippen LogP contribution >= 0.6 is 11.8 Å². The normalized spacial score (nSPS) is 12.4. The number of fused-ring (bicyclic) bond motifs is 1. The number of rotatable bonds is 5. The number of nitrogens with zero attached hydrogens (tertiary/aromatic N) is 4. The molecule has 118 valence electrons. The molecule has 6 nitrogen and oxygen atoms in total. The maximum absolute atomic E-state index is 13.0. The van der Waals surface area contributed by atoms with E-state index in [4.69, 9.17) is 5.11 Å². The van der Waals surface area contributed by atoms with Gasteiger partial charge in [-0.2, -0.15) is 9.61 Å². The van der Waals surface area contributed by atoms with E-state index in [1.54, 1.807) is 24.3 Å². The molecule has 1 atom stereocenters. The molecule has 0 spiro atoms. The van der Waals surface area contributed by atoms with Crippen LogP contribution in [0.4, 0.5) is 4.39 Å². The Morgan fingerprint density at radius 3 is 2.65 bits per heavy atom. The molecule has 8 heteroatoms. The highest BCUT2D eigenvalue weighted by molar-refractivity contribution is 8.00. The van der Waals surface area contributed by atoms with Gasteiger partial charge in [0.15, 0.2) is 11.5 Å². The van der Waals surface area contributed by atoms with Crippen molar-refractivity contribution in [3.8, 4) is 11.4 Å². The predicted octanol–water partition coefficient (Wildman–Crippen LogP) is 2.89. The summed E-state index contributed by atoms with van der Waals surface area (Å²) in [7, 11) is 0. The third-order valence-corrected chi connectivity index (χ3v) is 4.53. The van der Waals surface area contributed by atoms with Crippen LogP contribution in [0.25, 0.3) is 17.0 Å². The molecular weight excluding hydrogens is 319 g/mol. The minimum atomic E-state index is -0.873. The molecule has 0 saturated carbocycles. The van der Waals surface area contributed by atoms with Crippen LogP contribution in [0.5, 0.6) is 0 Å². The average molecular weight is 332 g/mol. The van der Waals surface area contributed by atoms with Gasteiger partial charge < -0.3 is 5.11 Å². The van der Waals surface area contributed by atoms with Gasteiger partial charge in [-0.05, 0) is 42.8 Å². The van der Waals surface area contributed by atoms with Gasteiger partial charge in [-0.25, -0.2) is 4.39 Å². The van der Waals surface area contributed by atoms with Crippen molar-refractivity contribution in [1.82, 2.24) is 19.8 Å². The van der Waals surface area contributed by atoms with E-state index >= 15 is 0 Å². The van der Waals surface area contributed by atoms with Crippen molar-refractivity contribution >= 4 is 23.4 Å². The summed E-state index contributed by atoms with van der Waals surface area (Å²) in [5.74, 6) is -0.730. The molecular formula is C15H13FN4O2S. The first-order valence-corrected chi connectivity index (χ1v) is 7.84. The summed E-state index contributed by atoms with van der Waals surface area (Å²) < 4.78 is 14.6. The Bertz CT molecular complexity index is 850. The van der Waals surface area contributed by atoms with Crippen molar-refractivity contribution in [3.63, 3.8) is 0 Å². The molecule has 0 aliphatic heterocycles. The monoisotopic (exact) mass is 332 g/mol. The van der Waals surface area contributed by atoms with Gasteiger partial charge in [0, 0.05) is 5.56 Å². The molecule has 1 N–H and O–H groups in total. The second-order valence-electron chi connectivity index (χ2n) is 4.83. The van der Waals surface area contributed by atoms with E-state index in [9.17, 15) is 9.18 Å². The summed E-state index contributed by atoms with van der Waals surface area (Å²) in [6, 6.07) is 9.32. The Hall–Kier alpha value is -2.48. The van der Waals surface area contributed by atoms with Crippen LogP contribution in [-0.4, -0.2) is 36.1 Å². The number of thioether (sulfide) groups is 1. The van der Waals surface area contributed by atoms with E-state index < -0.39 is 11.2 Å². The fourth-order valence-corrected chi connectivity index (χ4v) is 2.90. The summed E-state index contributed by atoms with van der Waals surface area (Å²) in [6.07, 6.45) is 0.493. The molecule has 0 aliphatic carbocycles. The Labute approximate surface area is 135 Å². The molecule has 2 heterocycles. The first-order chi connectivity index (χ1) is 11.1. The topological polar surface area (TPSA) is 80.4 Å². The van der Waals surface area contributed by atoms with Crippen molar-refractivity contribution in [1.29, 1.82) is 0 Å². The Balaban J connectivity index is 2.00. The standard InChI is InChI=1S/C15H13FN4O2S/c1-2-11(15(21)22)23-13-8-7-12-17-18-14(20(12)19-13)9-3-5-10(16)6-4-9/h3-8,11H,2H2,1H3,(H,21,22). The zero-order valence-corrected chi connectivity index (χ0v) is 13.0. The van der Waals surface area contributed by atoms with Gasteiger partial charge in [0.2, 0.25) is 0 Å². The van der Waals surface area contributed by atoms with Gasteiger partial charge in [0.25, 0.3) is 0 Å². The van der Waals surface area contributed by atoms with Crippen LogP contribution in [0.3, 0.4) is 0 Å². The number of aliphatic carboxylic acids is 1.